The molecule has 1 aromatic carbocycles. The van der Waals surface area contributed by atoms with E-state index in [4.69, 9.17) is 9.40 Å². The molecule has 0 N–H and O–H groups in total. The van der Waals surface area contributed by atoms with Crippen molar-refractivity contribution in [1.82, 2.24) is 24.3 Å². The summed E-state index contributed by atoms with van der Waals surface area (Å²) in [6, 6.07) is 13.5. The van der Waals surface area contributed by atoms with E-state index in [9.17, 15) is 4.79 Å². The fourth-order valence-electron chi connectivity index (χ4n) is 4.23. The molecule has 0 saturated heterocycles. The molecule has 166 valence electrons. The van der Waals surface area contributed by atoms with Gasteiger partial charge in [0.25, 0.3) is 5.56 Å². The maximum absolute atomic E-state index is 13.3. The Labute approximate surface area is 198 Å². The number of aromatic nitrogens is 5. The summed E-state index contributed by atoms with van der Waals surface area (Å²) in [5, 5.41) is 7.49. The number of fused-ring (bicyclic) bond motifs is 3. The molecule has 33 heavy (non-hydrogen) atoms. The molecular formula is C24H21N5O2S2. The van der Waals surface area contributed by atoms with Crippen molar-refractivity contribution in [2.45, 2.75) is 43.1 Å². The molecule has 0 radical (unpaired) electrons. The third-order valence-electron chi connectivity index (χ3n) is 5.80. The lowest BCUT2D eigenvalue weighted by Crippen LogP contribution is -2.19. The first-order chi connectivity index (χ1) is 16.3. The summed E-state index contributed by atoms with van der Waals surface area (Å²) < 4.78 is 9.37. The Balaban J connectivity index is 1.38. The Hall–Kier alpha value is -3.17. The molecule has 0 atom stereocenters. The SMILES string of the molecule is O=c1c2c3n(c(SCc4coc(-c5cccs5)n4)nc-2nn1-c1ccccc1)CCCCC3. The topological polar surface area (TPSA) is 78.7 Å². The van der Waals surface area contributed by atoms with Crippen LogP contribution in [0.3, 0.4) is 0 Å². The molecule has 6 rings (SSSR count). The average molecular weight is 476 g/mol. The van der Waals surface area contributed by atoms with Crippen molar-refractivity contribution in [3.8, 4) is 27.8 Å². The summed E-state index contributed by atoms with van der Waals surface area (Å²) >= 11 is 3.22. The smallest absolute Gasteiger partial charge is 0.284 e. The monoisotopic (exact) mass is 475 g/mol. The molecule has 3 aliphatic heterocycles. The number of hydrogen-bond donors (Lipinski definition) is 0. The van der Waals surface area contributed by atoms with Crippen molar-refractivity contribution in [2.24, 2.45) is 0 Å². The molecule has 0 aliphatic carbocycles. The van der Waals surface area contributed by atoms with Crippen LogP contribution in [0.25, 0.3) is 27.8 Å². The minimum Gasteiger partial charge on any atom is -0.444 e. The predicted octanol–water partition coefficient (Wildman–Crippen LogP) is 5.27. The van der Waals surface area contributed by atoms with E-state index in [-0.39, 0.29) is 5.56 Å². The lowest BCUT2D eigenvalue weighted by molar-refractivity contribution is 0.570. The van der Waals surface area contributed by atoms with Crippen LogP contribution in [-0.4, -0.2) is 24.3 Å². The fourth-order valence-corrected chi connectivity index (χ4v) is 5.81. The molecule has 0 fully saturated rings. The zero-order valence-electron chi connectivity index (χ0n) is 17.8. The van der Waals surface area contributed by atoms with Gasteiger partial charge in [0.15, 0.2) is 11.0 Å². The van der Waals surface area contributed by atoms with E-state index in [2.05, 4.69) is 14.6 Å². The summed E-state index contributed by atoms with van der Waals surface area (Å²) in [6.45, 7) is 0.857. The van der Waals surface area contributed by atoms with Crippen LogP contribution >= 0.6 is 23.1 Å². The normalized spacial score (nSPS) is 13.8. The first-order valence-electron chi connectivity index (χ1n) is 11.0. The summed E-state index contributed by atoms with van der Waals surface area (Å²) in [5.41, 5.74) is 3.22. The van der Waals surface area contributed by atoms with Crippen LogP contribution in [0.4, 0.5) is 0 Å². The van der Waals surface area contributed by atoms with E-state index in [1.807, 2.05) is 47.8 Å². The highest BCUT2D eigenvalue weighted by molar-refractivity contribution is 7.98. The molecule has 3 aliphatic rings. The van der Waals surface area contributed by atoms with Gasteiger partial charge in [0.2, 0.25) is 5.89 Å². The van der Waals surface area contributed by atoms with Gasteiger partial charge in [0.05, 0.1) is 16.3 Å². The molecule has 0 bridgehead atoms. The standard InChI is InChI=1S/C24H21N5O2S2/c30-23-20-18-10-5-2-6-12-28(18)24(26-21(20)27-29(23)17-8-3-1-4-9-17)33-15-16-14-31-22(25-16)19-11-7-13-32-19/h1,3-4,7-9,11,13-14H,2,5-6,10,12,15H2. The van der Waals surface area contributed by atoms with E-state index in [0.717, 1.165) is 59.3 Å². The van der Waals surface area contributed by atoms with E-state index < -0.39 is 0 Å². The van der Waals surface area contributed by atoms with Crippen LogP contribution in [0.15, 0.2) is 68.5 Å². The second-order valence-electron chi connectivity index (χ2n) is 7.96. The highest BCUT2D eigenvalue weighted by Crippen LogP contribution is 2.32. The van der Waals surface area contributed by atoms with Crippen LogP contribution in [0.5, 0.6) is 0 Å². The predicted molar refractivity (Wildman–Crippen MR) is 129 cm³/mol. The molecule has 0 amide bonds. The summed E-state index contributed by atoms with van der Waals surface area (Å²) in [5.74, 6) is 1.79. The highest BCUT2D eigenvalue weighted by atomic mass is 32.2. The van der Waals surface area contributed by atoms with E-state index >= 15 is 0 Å². The third kappa shape index (κ3) is 3.81. The first-order valence-corrected chi connectivity index (χ1v) is 12.8. The molecule has 5 heterocycles. The zero-order chi connectivity index (χ0) is 22.2. The van der Waals surface area contributed by atoms with Crippen molar-refractivity contribution in [3.63, 3.8) is 0 Å². The number of benzene rings is 1. The maximum Gasteiger partial charge on any atom is 0.284 e. The number of thioether (sulfide) groups is 1. The summed E-state index contributed by atoms with van der Waals surface area (Å²) in [7, 11) is 0. The average Bonchev–Trinajstić information content (AvgIpc) is 3.56. The Bertz CT molecular complexity index is 1420. The van der Waals surface area contributed by atoms with Gasteiger partial charge in [-0.15, -0.1) is 16.4 Å². The number of para-hydroxylation sites is 1. The molecule has 7 nitrogen and oxygen atoms in total. The molecule has 0 saturated carbocycles. The Morgan fingerprint density at radius 2 is 1.97 bits per heavy atom. The first kappa shape index (κ1) is 20.4. The number of hydrogen-bond acceptors (Lipinski definition) is 7. The fraction of sp³-hybridized carbons (Fsp3) is 0.250. The number of rotatable bonds is 5. The van der Waals surface area contributed by atoms with E-state index in [1.165, 1.54) is 4.68 Å². The van der Waals surface area contributed by atoms with E-state index in [0.29, 0.717) is 23.0 Å². The number of oxazole rings is 1. The van der Waals surface area contributed by atoms with Crippen molar-refractivity contribution in [3.05, 3.63) is 75.8 Å². The van der Waals surface area contributed by atoms with Crippen LogP contribution in [0.1, 0.15) is 30.7 Å². The van der Waals surface area contributed by atoms with Crippen LogP contribution in [0.2, 0.25) is 0 Å². The van der Waals surface area contributed by atoms with Crippen LogP contribution in [-0.2, 0) is 18.7 Å². The Morgan fingerprint density at radius 1 is 1.06 bits per heavy atom. The molecule has 9 heteroatoms. The van der Waals surface area contributed by atoms with Gasteiger partial charge in [0, 0.05) is 18.0 Å². The Kier molecular flexibility index (Phi) is 5.35. The van der Waals surface area contributed by atoms with Crippen LogP contribution < -0.4 is 5.56 Å². The van der Waals surface area contributed by atoms with Crippen molar-refractivity contribution >= 4 is 23.1 Å². The Morgan fingerprint density at radius 3 is 2.82 bits per heavy atom. The largest absolute Gasteiger partial charge is 0.444 e. The maximum atomic E-state index is 13.3. The molecule has 0 spiro atoms. The second-order valence-corrected chi connectivity index (χ2v) is 9.85. The third-order valence-corrected chi connectivity index (χ3v) is 7.67. The quantitative estimate of drug-likeness (QED) is 0.255. The van der Waals surface area contributed by atoms with Gasteiger partial charge in [-0.05, 0) is 42.8 Å². The van der Waals surface area contributed by atoms with Gasteiger partial charge in [0.1, 0.15) is 11.8 Å². The van der Waals surface area contributed by atoms with Crippen molar-refractivity contribution < 1.29 is 4.42 Å². The lowest BCUT2D eigenvalue weighted by Gasteiger charge is -2.17. The minimum absolute atomic E-state index is 0.0945. The molecule has 2 aromatic heterocycles. The van der Waals surface area contributed by atoms with Gasteiger partial charge in [-0.2, -0.15) is 4.68 Å². The number of thiophene rings is 1. The van der Waals surface area contributed by atoms with Gasteiger partial charge in [-0.3, -0.25) is 4.79 Å². The van der Waals surface area contributed by atoms with Gasteiger partial charge in [-0.1, -0.05) is 42.4 Å². The van der Waals surface area contributed by atoms with E-state index in [1.54, 1.807) is 29.4 Å². The zero-order valence-corrected chi connectivity index (χ0v) is 19.4. The molecule has 3 aromatic rings. The van der Waals surface area contributed by atoms with Gasteiger partial charge in [-0.25, -0.2) is 9.97 Å². The number of nitrogens with zero attached hydrogens (tertiary/aromatic N) is 5. The van der Waals surface area contributed by atoms with Crippen molar-refractivity contribution in [2.75, 3.05) is 0 Å². The second kappa shape index (κ2) is 8.64. The van der Waals surface area contributed by atoms with Crippen molar-refractivity contribution in [1.29, 1.82) is 0 Å². The molecule has 0 unspecified atom stereocenters. The highest BCUT2D eigenvalue weighted by Gasteiger charge is 2.27. The summed E-state index contributed by atoms with van der Waals surface area (Å²) in [4.78, 5) is 23.8. The van der Waals surface area contributed by atoms with Gasteiger partial charge < -0.3 is 8.98 Å². The van der Waals surface area contributed by atoms with Crippen LogP contribution in [0, 0.1) is 0 Å². The van der Waals surface area contributed by atoms with Gasteiger partial charge >= 0.3 is 0 Å². The molecular weight excluding hydrogens is 454 g/mol. The minimum atomic E-state index is -0.0945. The summed E-state index contributed by atoms with van der Waals surface area (Å²) in [6.07, 6.45) is 5.85. The lowest BCUT2D eigenvalue weighted by atomic mass is 10.1.